The van der Waals surface area contributed by atoms with Crippen molar-refractivity contribution in [2.24, 2.45) is 0 Å². The molecule has 0 fully saturated rings. The summed E-state index contributed by atoms with van der Waals surface area (Å²) in [5.41, 5.74) is 4.15. The highest BCUT2D eigenvalue weighted by molar-refractivity contribution is 6.39. The molecule has 43 heavy (non-hydrogen) atoms. The lowest BCUT2D eigenvalue weighted by atomic mass is 9.86. The first-order valence-electron chi connectivity index (χ1n) is 14.9. The molecule has 1 aromatic heterocycles. The zero-order valence-electron chi connectivity index (χ0n) is 23.3. The highest BCUT2D eigenvalue weighted by atomic mass is 16.3. The summed E-state index contributed by atoms with van der Waals surface area (Å²) in [7, 11) is 0. The van der Waals surface area contributed by atoms with Crippen molar-refractivity contribution in [1.29, 1.82) is 0 Å². The number of para-hydroxylation sites is 1. The van der Waals surface area contributed by atoms with Gasteiger partial charge in [0.2, 0.25) is 0 Å². The predicted molar refractivity (Wildman–Crippen MR) is 184 cm³/mol. The zero-order valence-corrected chi connectivity index (χ0v) is 23.3. The van der Waals surface area contributed by atoms with Gasteiger partial charge in [-0.3, -0.25) is 0 Å². The third kappa shape index (κ3) is 3.11. The van der Waals surface area contributed by atoms with Gasteiger partial charge in [-0.1, -0.05) is 127 Å². The van der Waals surface area contributed by atoms with E-state index in [1.165, 1.54) is 64.6 Å². The topological polar surface area (TPSA) is 13.1 Å². The standard InChI is InChI=1S/C42H24O/c1-2-11-26-24-39-38(22-25(26)10-1)36-19-9-18-28(42(36)43-39)27-20-21-35-37(23-27)31-14-5-8-17-34(31)40-32-15-6-3-12-29(32)30-13-4-7-16-33(30)41(35)40/h1-24H. The molecule has 1 heterocycles. The molecule has 198 valence electrons. The average Bonchev–Trinajstić information content (AvgIpc) is 3.44. The van der Waals surface area contributed by atoms with Gasteiger partial charge in [0.1, 0.15) is 11.2 Å². The van der Waals surface area contributed by atoms with Crippen molar-refractivity contribution in [3.8, 4) is 11.1 Å². The van der Waals surface area contributed by atoms with Crippen LogP contribution in [0.5, 0.6) is 0 Å². The third-order valence-corrected chi connectivity index (χ3v) is 9.38. The summed E-state index contributed by atoms with van der Waals surface area (Å²) in [5.74, 6) is 0. The molecule has 1 nitrogen and oxygen atoms in total. The molecule has 1 heteroatoms. The molecule has 0 N–H and O–H groups in total. The van der Waals surface area contributed by atoms with Crippen molar-refractivity contribution in [1.82, 2.24) is 0 Å². The second-order valence-electron chi connectivity index (χ2n) is 11.6. The minimum atomic E-state index is 0.928. The maximum atomic E-state index is 6.62. The number of fused-ring (bicyclic) bond motifs is 15. The molecule has 10 rings (SSSR count). The Morgan fingerprint density at radius 1 is 0.326 bits per heavy atom. The van der Waals surface area contributed by atoms with Crippen molar-refractivity contribution in [3.63, 3.8) is 0 Å². The van der Waals surface area contributed by atoms with Crippen LogP contribution in [0.2, 0.25) is 0 Å². The van der Waals surface area contributed by atoms with Crippen LogP contribution < -0.4 is 0 Å². The van der Waals surface area contributed by atoms with E-state index in [-0.39, 0.29) is 0 Å². The smallest absolute Gasteiger partial charge is 0.143 e. The predicted octanol–water partition coefficient (Wildman–Crippen LogP) is 12.2. The Labute approximate surface area is 247 Å². The van der Waals surface area contributed by atoms with Crippen LogP contribution in [0.25, 0.3) is 97.7 Å². The first-order valence-corrected chi connectivity index (χ1v) is 14.9. The molecule has 0 saturated heterocycles. The number of rotatable bonds is 1. The van der Waals surface area contributed by atoms with E-state index in [1.54, 1.807) is 0 Å². The van der Waals surface area contributed by atoms with E-state index in [2.05, 4.69) is 146 Å². The summed E-state index contributed by atoms with van der Waals surface area (Å²) in [6, 6.07) is 53.0. The van der Waals surface area contributed by atoms with Crippen molar-refractivity contribution < 1.29 is 4.42 Å². The number of hydrogen-bond acceptors (Lipinski definition) is 1. The Morgan fingerprint density at radius 3 is 1.49 bits per heavy atom. The van der Waals surface area contributed by atoms with Crippen LogP contribution >= 0.6 is 0 Å². The second-order valence-corrected chi connectivity index (χ2v) is 11.6. The van der Waals surface area contributed by atoms with Gasteiger partial charge in [0.25, 0.3) is 0 Å². The normalized spacial score (nSPS) is 12.2. The fourth-order valence-corrected chi connectivity index (χ4v) is 7.50. The van der Waals surface area contributed by atoms with Crippen molar-refractivity contribution in [3.05, 3.63) is 146 Å². The van der Waals surface area contributed by atoms with Gasteiger partial charge in [0.15, 0.2) is 0 Å². The highest BCUT2D eigenvalue weighted by Gasteiger charge is 2.18. The number of furan rings is 1. The van der Waals surface area contributed by atoms with Gasteiger partial charge in [-0.25, -0.2) is 0 Å². The quantitative estimate of drug-likeness (QED) is 0.187. The fraction of sp³-hybridized carbons (Fsp3) is 0. The minimum absolute atomic E-state index is 0.928. The van der Waals surface area contributed by atoms with E-state index >= 15 is 0 Å². The SMILES string of the molecule is c1ccc2cc3c(cc2c1)oc1c(-c2ccc4c(c2)c2ccccc2c2c5ccccc5c5ccccc5c42)cccc13. The fourth-order valence-electron chi connectivity index (χ4n) is 7.50. The van der Waals surface area contributed by atoms with Gasteiger partial charge in [0, 0.05) is 16.3 Å². The lowest BCUT2D eigenvalue weighted by Crippen LogP contribution is -1.89. The van der Waals surface area contributed by atoms with Crippen molar-refractivity contribution in [2.75, 3.05) is 0 Å². The first kappa shape index (κ1) is 23.0. The van der Waals surface area contributed by atoms with Crippen LogP contribution in [-0.4, -0.2) is 0 Å². The van der Waals surface area contributed by atoms with Crippen LogP contribution in [-0.2, 0) is 0 Å². The van der Waals surface area contributed by atoms with E-state index in [0.29, 0.717) is 0 Å². The Kier molecular flexibility index (Phi) is 4.51. The maximum Gasteiger partial charge on any atom is 0.143 e. The molecule has 0 spiro atoms. The van der Waals surface area contributed by atoms with Crippen molar-refractivity contribution in [2.45, 2.75) is 0 Å². The molecule has 0 unspecified atom stereocenters. The first-order chi connectivity index (χ1) is 21.3. The Hall–Kier alpha value is -5.66. The van der Waals surface area contributed by atoms with Crippen LogP contribution in [0.15, 0.2) is 150 Å². The van der Waals surface area contributed by atoms with Gasteiger partial charge < -0.3 is 4.42 Å². The number of hydrogen-bond donors (Lipinski definition) is 0. The van der Waals surface area contributed by atoms with Crippen LogP contribution in [0.1, 0.15) is 0 Å². The van der Waals surface area contributed by atoms with E-state index in [0.717, 1.165) is 33.1 Å². The summed E-state index contributed by atoms with van der Waals surface area (Å²) in [4.78, 5) is 0. The van der Waals surface area contributed by atoms with E-state index in [4.69, 9.17) is 4.42 Å². The molecule has 0 atom stereocenters. The number of benzene rings is 9. The summed E-state index contributed by atoms with van der Waals surface area (Å²) >= 11 is 0. The zero-order chi connectivity index (χ0) is 28.1. The van der Waals surface area contributed by atoms with Crippen LogP contribution in [0, 0.1) is 0 Å². The molecular formula is C42H24O. The summed E-state index contributed by atoms with van der Waals surface area (Å²) in [6.45, 7) is 0. The molecule has 0 amide bonds. The van der Waals surface area contributed by atoms with E-state index in [9.17, 15) is 0 Å². The third-order valence-electron chi connectivity index (χ3n) is 9.38. The van der Waals surface area contributed by atoms with Gasteiger partial charge in [-0.05, 0) is 88.4 Å². The Bertz CT molecular complexity index is 2780. The molecule has 9 aromatic carbocycles. The van der Waals surface area contributed by atoms with Crippen LogP contribution in [0.3, 0.4) is 0 Å². The summed E-state index contributed by atoms with van der Waals surface area (Å²) in [6.07, 6.45) is 0. The van der Waals surface area contributed by atoms with Gasteiger partial charge >= 0.3 is 0 Å². The van der Waals surface area contributed by atoms with Gasteiger partial charge in [-0.15, -0.1) is 0 Å². The maximum absolute atomic E-state index is 6.62. The molecule has 10 aromatic rings. The largest absolute Gasteiger partial charge is 0.455 e. The van der Waals surface area contributed by atoms with E-state index < -0.39 is 0 Å². The van der Waals surface area contributed by atoms with Gasteiger partial charge in [0.05, 0.1) is 0 Å². The lowest BCUT2D eigenvalue weighted by molar-refractivity contribution is 0.670. The summed E-state index contributed by atoms with van der Waals surface area (Å²) < 4.78 is 6.62. The van der Waals surface area contributed by atoms with Gasteiger partial charge in [-0.2, -0.15) is 0 Å². The van der Waals surface area contributed by atoms with E-state index in [1.807, 2.05) is 0 Å². The Balaban J connectivity index is 1.34. The highest BCUT2D eigenvalue weighted by Crippen LogP contribution is 2.45. The van der Waals surface area contributed by atoms with Crippen molar-refractivity contribution >= 4 is 86.6 Å². The molecule has 0 aliphatic carbocycles. The molecular weight excluding hydrogens is 520 g/mol. The minimum Gasteiger partial charge on any atom is -0.455 e. The molecule has 0 aliphatic heterocycles. The lowest BCUT2D eigenvalue weighted by Gasteiger charge is -2.17. The second kappa shape index (κ2) is 8.44. The molecule has 0 bridgehead atoms. The summed E-state index contributed by atoms with van der Waals surface area (Å²) in [5, 5.41) is 17.7. The molecule has 0 radical (unpaired) electrons. The van der Waals surface area contributed by atoms with Crippen LogP contribution in [0.4, 0.5) is 0 Å². The molecule has 0 aliphatic rings. The monoisotopic (exact) mass is 544 g/mol. The Morgan fingerprint density at radius 2 is 0.837 bits per heavy atom. The average molecular weight is 545 g/mol. The molecule has 0 saturated carbocycles.